The maximum Gasteiger partial charge on any atom is 0.161 e. The molecule has 0 aliphatic heterocycles. The third-order valence-corrected chi connectivity index (χ3v) is 5.79. The number of rotatable bonds is 3. The van der Waals surface area contributed by atoms with E-state index in [0.717, 1.165) is 21.5 Å². The van der Waals surface area contributed by atoms with Crippen molar-refractivity contribution in [2.45, 2.75) is 0 Å². The zero-order valence-electron chi connectivity index (χ0n) is 15.3. The number of H-pyrrole nitrogens is 2. The van der Waals surface area contributed by atoms with Crippen molar-refractivity contribution in [1.29, 1.82) is 0 Å². The molecule has 9 heteroatoms. The quantitative estimate of drug-likeness (QED) is 0.433. The molecule has 0 radical (unpaired) electrons. The molecule has 0 bridgehead atoms. The van der Waals surface area contributed by atoms with E-state index in [1.54, 1.807) is 54.5 Å². The molecule has 0 amide bonds. The van der Waals surface area contributed by atoms with E-state index in [9.17, 15) is 0 Å². The molecular formula is C21H12FN7S. The first-order valence-corrected chi connectivity index (χ1v) is 9.98. The van der Waals surface area contributed by atoms with Crippen LogP contribution >= 0.6 is 11.3 Å². The van der Waals surface area contributed by atoms with E-state index < -0.39 is 5.82 Å². The highest BCUT2D eigenvalue weighted by molar-refractivity contribution is 7.13. The van der Waals surface area contributed by atoms with Gasteiger partial charge in [0.25, 0.3) is 0 Å². The van der Waals surface area contributed by atoms with Gasteiger partial charge in [0.1, 0.15) is 16.9 Å². The summed E-state index contributed by atoms with van der Waals surface area (Å²) in [5.74, 6) is -0.00870. The van der Waals surface area contributed by atoms with Crippen LogP contribution in [0.1, 0.15) is 0 Å². The average molecular weight is 413 g/mol. The molecule has 0 unspecified atom stereocenters. The summed E-state index contributed by atoms with van der Waals surface area (Å²) in [5.41, 5.74) is 4.14. The number of hydrogen-bond acceptors (Lipinski definition) is 6. The Morgan fingerprint density at radius 3 is 2.73 bits per heavy atom. The van der Waals surface area contributed by atoms with E-state index in [-0.39, 0.29) is 5.69 Å². The molecule has 6 heterocycles. The number of thiophene rings is 1. The van der Waals surface area contributed by atoms with Gasteiger partial charge < -0.3 is 4.98 Å². The van der Waals surface area contributed by atoms with Gasteiger partial charge in [-0.1, -0.05) is 6.07 Å². The Hall–Kier alpha value is -3.98. The highest BCUT2D eigenvalue weighted by atomic mass is 32.1. The van der Waals surface area contributed by atoms with Crippen molar-refractivity contribution in [3.05, 3.63) is 66.4 Å². The summed E-state index contributed by atoms with van der Waals surface area (Å²) in [5, 5.41) is 9.50. The second-order valence-corrected chi connectivity index (χ2v) is 7.62. The van der Waals surface area contributed by atoms with Gasteiger partial charge in [0, 0.05) is 34.6 Å². The molecule has 0 saturated carbocycles. The second kappa shape index (κ2) is 6.53. The Labute approximate surface area is 172 Å². The summed E-state index contributed by atoms with van der Waals surface area (Å²) in [6.45, 7) is 0. The normalized spacial score (nSPS) is 11.5. The Morgan fingerprint density at radius 2 is 1.90 bits per heavy atom. The van der Waals surface area contributed by atoms with Crippen LogP contribution in [0, 0.1) is 5.82 Å². The molecule has 2 N–H and O–H groups in total. The second-order valence-electron chi connectivity index (χ2n) is 6.67. The Kier molecular flexibility index (Phi) is 3.68. The number of fused-ring (bicyclic) bond motifs is 2. The van der Waals surface area contributed by atoms with Crippen LogP contribution in [-0.4, -0.2) is 35.1 Å². The predicted octanol–water partition coefficient (Wildman–Crippen LogP) is 4.83. The fourth-order valence-electron chi connectivity index (χ4n) is 3.51. The Bertz CT molecular complexity index is 1500. The number of halogens is 1. The van der Waals surface area contributed by atoms with Gasteiger partial charge in [-0.25, -0.2) is 9.37 Å². The number of nitrogens with one attached hydrogen (secondary N) is 2. The Morgan fingerprint density at radius 1 is 0.933 bits per heavy atom. The number of aromatic amines is 2. The first-order valence-electron chi connectivity index (χ1n) is 9.10. The molecule has 30 heavy (non-hydrogen) atoms. The lowest BCUT2D eigenvalue weighted by atomic mass is 10.1. The standard InChI is InChI=1S/C21H12FN7S/c22-17-16-13(10-25-18(17)11-3-1-5-23-7-11)28-29-20(16)21-26-14-9-24-8-12(19(14)27-21)15-4-2-6-30-15/h1-10H,(H,26,27)(H,28,29). The maximum absolute atomic E-state index is 15.5. The zero-order valence-corrected chi connectivity index (χ0v) is 16.1. The zero-order chi connectivity index (χ0) is 20.1. The number of aromatic nitrogens is 7. The molecule has 6 aromatic rings. The van der Waals surface area contributed by atoms with Crippen LogP contribution < -0.4 is 0 Å². The lowest BCUT2D eigenvalue weighted by Crippen LogP contribution is -1.92. The smallest absolute Gasteiger partial charge is 0.161 e. The molecule has 0 spiro atoms. The van der Waals surface area contributed by atoms with Gasteiger partial charge in [-0.3, -0.25) is 20.1 Å². The van der Waals surface area contributed by atoms with Gasteiger partial charge in [0.15, 0.2) is 11.6 Å². The van der Waals surface area contributed by atoms with Crippen LogP contribution in [0.25, 0.3) is 55.2 Å². The van der Waals surface area contributed by atoms with Gasteiger partial charge in [-0.2, -0.15) is 5.10 Å². The van der Waals surface area contributed by atoms with E-state index in [4.69, 9.17) is 4.98 Å². The number of hydrogen-bond donors (Lipinski definition) is 2. The SMILES string of the molecule is Fc1c(-c2cccnc2)ncc2[nH]nc(-c3nc4c(-c5cccs5)cncc4[nH]3)c12. The molecule has 0 aliphatic carbocycles. The highest BCUT2D eigenvalue weighted by Crippen LogP contribution is 2.34. The van der Waals surface area contributed by atoms with Crippen molar-refractivity contribution in [2.24, 2.45) is 0 Å². The van der Waals surface area contributed by atoms with Crippen molar-refractivity contribution in [2.75, 3.05) is 0 Å². The van der Waals surface area contributed by atoms with Gasteiger partial charge in [0.05, 0.1) is 28.8 Å². The summed E-state index contributed by atoms with van der Waals surface area (Å²) in [7, 11) is 0. The number of nitrogens with zero attached hydrogens (tertiary/aromatic N) is 5. The van der Waals surface area contributed by atoms with E-state index >= 15 is 4.39 Å². The summed E-state index contributed by atoms with van der Waals surface area (Å²) in [4.78, 5) is 21.6. The van der Waals surface area contributed by atoms with Crippen LogP contribution in [0.15, 0.2) is 60.6 Å². The van der Waals surface area contributed by atoms with Crippen LogP contribution in [0.2, 0.25) is 0 Å². The molecule has 0 aromatic carbocycles. The van der Waals surface area contributed by atoms with Gasteiger partial charge >= 0.3 is 0 Å². The third kappa shape index (κ3) is 2.52. The van der Waals surface area contributed by atoms with Crippen molar-refractivity contribution in [3.63, 3.8) is 0 Å². The highest BCUT2D eigenvalue weighted by Gasteiger charge is 2.21. The number of imidazole rings is 1. The van der Waals surface area contributed by atoms with Gasteiger partial charge in [-0.05, 0) is 23.6 Å². The predicted molar refractivity (Wildman–Crippen MR) is 113 cm³/mol. The van der Waals surface area contributed by atoms with Crippen LogP contribution in [-0.2, 0) is 0 Å². The minimum atomic E-state index is -0.471. The van der Waals surface area contributed by atoms with Gasteiger partial charge in [0.2, 0.25) is 0 Å². The minimum absolute atomic E-state index is 0.218. The molecule has 0 aliphatic rings. The molecular weight excluding hydrogens is 401 g/mol. The lowest BCUT2D eigenvalue weighted by Gasteiger charge is -2.03. The monoisotopic (exact) mass is 413 g/mol. The van der Waals surface area contributed by atoms with Crippen LogP contribution in [0.4, 0.5) is 4.39 Å². The minimum Gasteiger partial charge on any atom is -0.335 e. The van der Waals surface area contributed by atoms with Crippen LogP contribution in [0.3, 0.4) is 0 Å². The van der Waals surface area contributed by atoms with E-state index in [1.165, 1.54) is 0 Å². The molecule has 0 fully saturated rings. The van der Waals surface area contributed by atoms with Crippen molar-refractivity contribution in [3.8, 4) is 33.2 Å². The van der Waals surface area contributed by atoms with E-state index in [2.05, 4.69) is 30.1 Å². The van der Waals surface area contributed by atoms with Crippen LogP contribution in [0.5, 0.6) is 0 Å². The molecule has 7 nitrogen and oxygen atoms in total. The molecule has 6 rings (SSSR count). The summed E-state index contributed by atoms with van der Waals surface area (Å²) in [6, 6.07) is 7.51. The lowest BCUT2D eigenvalue weighted by molar-refractivity contribution is 0.638. The van der Waals surface area contributed by atoms with E-state index in [0.29, 0.717) is 28.0 Å². The fraction of sp³-hybridized carbons (Fsp3) is 0. The number of pyridine rings is 3. The average Bonchev–Trinajstić information content (AvgIpc) is 3.53. The molecule has 0 atom stereocenters. The van der Waals surface area contributed by atoms with E-state index in [1.807, 2.05) is 17.5 Å². The summed E-state index contributed by atoms with van der Waals surface area (Å²) < 4.78 is 15.5. The van der Waals surface area contributed by atoms with Gasteiger partial charge in [-0.15, -0.1) is 11.3 Å². The molecule has 144 valence electrons. The third-order valence-electron chi connectivity index (χ3n) is 4.88. The molecule has 0 saturated heterocycles. The van der Waals surface area contributed by atoms with Crippen molar-refractivity contribution in [1.82, 2.24) is 35.1 Å². The first kappa shape index (κ1) is 16.9. The largest absolute Gasteiger partial charge is 0.335 e. The van der Waals surface area contributed by atoms with Crippen molar-refractivity contribution >= 4 is 33.3 Å². The summed E-state index contributed by atoms with van der Waals surface area (Å²) in [6.07, 6.45) is 8.27. The maximum atomic E-state index is 15.5. The Balaban J connectivity index is 1.57. The topological polar surface area (TPSA) is 96.0 Å². The molecule has 6 aromatic heterocycles. The van der Waals surface area contributed by atoms with Crippen molar-refractivity contribution < 1.29 is 4.39 Å². The fourth-order valence-corrected chi connectivity index (χ4v) is 4.25. The summed E-state index contributed by atoms with van der Waals surface area (Å²) >= 11 is 1.61. The first-order chi connectivity index (χ1) is 14.8.